The zero-order chi connectivity index (χ0) is 10.8. The molecule has 2 aromatic rings. The molecular weight excluding hydrogens is 252 g/mol. The van der Waals surface area contributed by atoms with Crippen molar-refractivity contribution in [2.24, 2.45) is 0 Å². The van der Waals surface area contributed by atoms with Crippen LogP contribution in [-0.2, 0) is 0 Å². The van der Waals surface area contributed by atoms with Gasteiger partial charge in [0.2, 0.25) is 0 Å². The molecule has 1 aromatic heterocycles. The Morgan fingerprint density at radius 3 is 2.93 bits per heavy atom. The van der Waals surface area contributed by atoms with Crippen molar-refractivity contribution in [3.05, 3.63) is 34.4 Å². The molecule has 78 valence electrons. The molecule has 0 fully saturated rings. The van der Waals surface area contributed by atoms with E-state index in [-0.39, 0.29) is 0 Å². The van der Waals surface area contributed by atoms with Gasteiger partial charge in [-0.1, -0.05) is 12.1 Å². The average molecular weight is 265 g/mol. The van der Waals surface area contributed by atoms with E-state index < -0.39 is 0 Å². The van der Waals surface area contributed by atoms with Crippen LogP contribution < -0.4 is 5.32 Å². The quantitative estimate of drug-likeness (QED) is 0.894. The Kier molecular flexibility index (Phi) is 2.91. The number of hydrogen-bond acceptors (Lipinski definition) is 2. The standard InChI is InChI=1S/C12H13BrN2/c1-3-14-11-7-8(2)15-12-9(11)5-4-6-10(12)13/h4-7H,3H2,1-2H3,(H,14,15). The van der Waals surface area contributed by atoms with Crippen LogP contribution in [-0.4, -0.2) is 11.5 Å². The number of nitrogens with one attached hydrogen (secondary N) is 1. The molecule has 1 aromatic carbocycles. The molecular formula is C12H13BrN2. The first-order valence-electron chi connectivity index (χ1n) is 5.02. The molecule has 0 aliphatic heterocycles. The summed E-state index contributed by atoms with van der Waals surface area (Å²) in [5.74, 6) is 0. The van der Waals surface area contributed by atoms with Crippen molar-refractivity contribution >= 4 is 32.5 Å². The number of aromatic nitrogens is 1. The monoisotopic (exact) mass is 264 g/mol. The van der Waals surface area contributed by atoms with E-state index in [4.69, 9.17) is 0 Å². The van der Waals surface area contributed by atoms with E-state index in [1.54, 1.807) is 0 Å². The van der Waals surface area contributed by atoms with Crippen molar-refractivity contribution in [2.45, 2.75) is 13.8 Å². The van der Waals surface area contributed by atoms with E-state index >= 15 is 0 Å². The van der Waals surface area contributed by atoms with E-state index in [0.29, 0.717) is 0 Å². The van der Waals surface area contributed by atoms with Crippen LogP contribution in [0.5, 0.6) is 0 Å². The van der Waals surface area contributed by atoms with Gasteiger partial charge < -0.3 is 5.32 Å². The van der Waals surface area contributed by atoms with Gasteiger partial charge in [0, 0.05) is 27.8 Å². The summed E-state index contributed by atoms with van der Waals surface area (Å²) in [5, 5.41) is 4.52. The van der Waals surface area contributed by atoms with Crippen molar-refractivity contribution < 1.29 is 0 Å². The van der Waals surface area contributed by atoms with Crippen molar-refractivity contribution in [1.29, 1.82) is 0 Å². The van der Waals surface area contributed by atoms with Gasteiger partial charge in [0.1, 0.15) is 0 Å². The minimum absolute atomic E-state index is 0.922. The summed E-state index contributed by atoms with van der Waals surface area (Å²) >= 11 is 3.53. The van der Waals surface area contributed by atoms with Gasteiger partial charge >= 0.3 is 0 Å². The second-order valence-electron chi connectivity index (χ2n) is 3.48. The number of halogens is 1. The minimum Gasteiger partial charge on any atom is -0.385 e. The van der Waals surface area contributed by atoms with Crippen LogP contribution >= 0.6 is 15.9 Å². The average Bonchev–Trinajstić information content (AvgIpc) is 2.20. The number of rotatable bonds is 2. The van der Waals surface area contributed by atoms with Crippen LogP contribution in [0.3, 0.4) is 0 Å². The number of para-hydroxylation sites is 1. The molecule has 15 heavy (non-hydrogen) atoms. The Balaban J connectivity index is 2.74. The summed E-state index contributed by atoms with van der Waals surface area (Å²) in [6.45, 7) is 5.03. The van der Waals surface area contributed by atoms with Gasteiger partial charge in [-0.3, -0.25) is 4.98 Å². The zero-order valence-electron chi connectivity index (χ0n) is 8.84. The van der Waals surface area contributed by atoms with Crippen LogP contribution in [0.1, 0.15) is 12.6 Å². The lowest BCUT2D eigenvalue weighted by Gasteiger charge is -2.09. The van der Waals surface area contributed by atoms with E-state index in [0.717, 1.165) is 33.3 Å². The molecule has 0 saturated carbocycles. The maximum Gasteiger partial charge on any atom is 0.0867 e. The number of benzene rings is 1. The Morgan fingerprint density at radius 1 is 1.40 bits per heavy atom. The maximum atomic E-state index is 4.53. The highest BCUT2D eigenvalue weighted by Gasteiger charge is 2.05. The van der Waals surface area contributed by atoms with Crippen LogP contribution in [0.25, 0.3) is 10.9 Å². The third-order valence-electron chi connectivity index (χ3n) is 2.29. The highest BCUT2D eigenvalue weighted by Crippen LogP contribution is 2.28. The molecule has 2 rings (SSSR count). The van der Waals surface area contributed by atoms with E-state index in [2.05, 4.69) is 45.3 Å². The number of hydrogen-bond donors (Lipinski definition) is 1. The number of aryl methyl sites for hydroxylation is 1. The molecule has 0 aliphatic rings. The summed E-state index contributed by atoms with van der Waals surface area (Å²) < 4.78 is 1.04. The summed E-state index contributed by atoms with van der Waals surface area (Å²) in [7, 11) is 0. The molecule has 1 N–H and O–H groups in total. The molecule has 0 unspecified atom stereocenters. The van der Waals surface area contributed by atoms with Crippen molar-refractivity contribution in [1.82, 2.24) is 4.98 Å². The van der Waals surface area contributed by atoms with E-state index in [1.165, 1.54) is 0 Å². The van der Waals surface area contributed by atoms with Crippen molar-refractivity contribution in [2.75, 3.05) is 11.9 Å². The number of nitrogens with zero attached hydrogens (tertiary/aromatic N) is 1. The van der Waals surface area contributed by atoms with Crippen LogP contribution in [0.2, 0.25) is 0 Å². The predicted octanol–water partition coefficient (Wildman–Crippen LogP) is 3.74. The van der Waals surface area contributed by atoms with Gasteiger partial charge in [-0.25, -0.2) is 0 Å². The topological polar surface area (TPSA) is 24.9 Å². The first-order valence-corrected chi connectivity index (χ1v) is 5.81. The molecule has 0 aliphatic carbocycles. The number of anilines is 1. The lowest BCUT2D eigenvalue weighted by molar-refractivity contribution is 1.19. The molecule has 0 radical (unpaired) electrons. The summed E-state index contributed by atoms with van der Waals surface area (Å²) in [5.41, 5.74) is 3.21. The molecule has 3 heteroatoms. The van der Waals surface area contributed by atoms with Gasteiger partial charge in [0.25, 0.3) is 0 Å². The fraction of sp³-hybridized carbons (Fsp3) is 0.250. The highest BCUT2D eigenvalue weighted by atomic mass is 79.9. The predicted molar refractivity (Wildman–Crippen MR) is 68.3 cm³/mol. The third kappa shape index (κ3) is 1.97. The van der Waals surface area contributed by atoms with E-state index in [9.17, 15) is 0 Å². The molecule has 0 bridgehead atoms. The maximum absolute atomic E-state index is 4.53. The van der Waals surface area contributed by atoms with Crippen molar-refractivity contribution in [3.8, 4) is 0 Å². The van der Waals surface area contributed by atoms with Gasteiger partial charge in [-0.15, -0.1) is 0 Å². The second kappa shape index (κ2) is 4.19. The smallest absolute Gasteiger partial charge is 0.0867 e. The lowest BCUT2D eigenvalue weighted by Crippen LogP contribution is -1.99. The van der Waals surface area contributed by atoms with Gasteiger partial charge in [0.05, 0.1) is 5.52 Å². The van der Waals surface area contributed by atoms with Crippen molar-refractivity contribution in [3.63, 3.8) is 0 Å². The van der Waals surface area contributed by atoms with Crippen LogP contribution in [0.4, 0.5) is 5.69 Å². The first-order chi connectivity index (χ1) is 7.22. The third-order valence-corrected chi connectivity index (χ3v) is 2.93. The summed E-state index contributed by atoms with van der Waals surface area (Å²) in [6, 6.07) is 8.22. The largest absolute Gasteiger partial charge is 0.385 e. The van der Waals surface area contributed by atoms with Gasteiger partial charge in [0.15, 0.2) is 0 Å². The Morgan fingerprint density at radius 2 is 2.20 bits per heavy atom. The highest BCUT2D eigenvalue weighted by molar-refractivity contribution is 9.10. The SMILES string of the molecule is CCNc1cc(C)nc2c(Br)cccc12. The summed E-state index contributed by atoms with van der Waals surface area (Å²) in [4.78, 5) is 4.53. The molecule has 0 saturated heterocycles. The fourth-order valence-corrected chi connectivity index (χ4v) is 2.13. The fourth-order valence-electron chi connectivity index (χ4n) is 1.68. The lowest BCUT2D eigenvalue weighted by atomic mass is 10.1. The Bertz CT molecular complexity index is 494. The molecule has 0 atom stereocenters. The molecule has 0 amide bonds. The van der Waals surface area contributed by atoms with Gasteiger partial charge in [-0.05, 0) is 41.9 Å². The summed E-state index contributed by atoms with van der Waals surface area (Å²) in [6.07, 6.45) is 0. The van der Waals surface area contributed by atoms with Crippen LogP contribution in [0.15, 0.2) is 28.7 Å². The zero-order valence-corrected chi connectivity index (χ0v) is 10.4. The normalized spacial score (nSPS) is 10.6. The first kappa shape index (κ1) is 10.4. The molecule has 1 heterocycles. The van der Waals surface area contributed by atoms with Crippen LogP contribution in [0, 0.1) is 6.92 Å². The van der Waals surface area contributed by atoms with E-state index in [1.807, 2.05) is 19.1 Å². The minimum atomic E-state index is 0.922. The Hall–Kier alpha value is -1.09. The van der Waals surface area contributed by atoms with Gasteiger partial charge in [-0.2, -0.15) is 0 Å². The number of pyridine rings is 1. The second-order valence-corrected chi connectivity index (χ2v) is 4.33. The Labute approximate surface area is 97.8 Å². The number of fused-ring (bicyclic) bond motifs is 1. The molecule has 2 nitrogen and oxygen atoms in total. The molecule has 0 spiro atoms.